The van der Waals surface area contributed by atoms with E-state index in [-0.39, 0.29) is 0 Å². The van der Waals surface area contributed by atoms with Crippen molar-refractivity contribution in [2.45, 2.75) is 0 Å². The van der Waals surface area contributed by atoms with Crippen LogP contribution < -0.4 is 0 Å². The third kappa shape index (κ3) is 3.28. The van der Waals surface area contributed by atoms with Gasteiger partial charge in [0.05, 0.1) is 0 Å². The molecule has 0 bridgehead atoms. The van der Waals surface area contributed by atoms with E-state index in [1.165, 1.54) is 119 Å². The standard InChI is InChI=1S/C48H26N2/c1-3-9-31-29(7-1)23-39-38-26-41-40(25-37(38)35-13-5-11-33(31)45(35)39)43(27-15-19-49-20-16-27)47-36-14-6-12-34-32-10-4-2-8-30(32)24-42(46(34)36)48(47)44(41)28-17-21-50-22-18-28/h1-26H. The topological polar surface area (TPSA) is 25.8 Å². The molecule has 0 aliphatic heterocycles. The molecule has 0 radical (unpaired) electrons. The molecule has 12 rings (SSSR count). The van der Waals surface area contributed by atoms with Gasteiger partial charge >= 0.3 is 0 Å². The highest BCUT2D eigenvalue weighted by molar-refractivity contribution is 6.44. The Kier molecular flexibility index (Phi) is 5.00. The van der Waals surface area contributed by atoms with Crippen LogP contribution in [0.2, 0.25) is 0 Å². The number of rotatable bonds is 2. The second-order valence-electron chi connectivity index (χ2n) is 13.7. The monoisotopic (exact) mass is 630 g/mol. The smallest absolute Gasteiger partial charge is 0.0273 e. The molecule has 228 valence electrons. The van der Waals surface area contributed by atoms with E-state index in [1.54, 1.807) is 0 Å². The quantitative estimate of drug-likeness (QED) is 0.178. The fourth-order valence-corrected chi connectivity index (χ4v) is 9.32. The predicted octanol–water partition coefficient (Wildman–Crippen LogP) is 13.1. The first-order valence-electron chi connectivity index (χ1n) is 17.2. The largest absolute Gasteiger partial charge is 0.265 e. The van der Waals surface area contributed by atoms with Crippen LogP contribution in [0.4, 0.5) is 0 Å². The van der Waals surface area contributed by atoms with E-state index in [4.69, 9.17) is 0 Å². The van der Waals surface area contributed by atoms with Crippen molar-refractivity contribution in [1.29, 1.82) is 0 Å². The Labute approximate surface area is 286 Å². The molecule has 12 aromatic rings. The van der Waals surface area contributed by atoms with Crippen molar-refractivity contribution in [2.24, 2.45) is 0 Å². The molecule has 2 heterocycles. The van der Waals surface area contributed by atoms with Crippen molar-refractivity contribution in [3.8, 4) is 22.3 Å². The molecule has 0 saturated heterocycles. The van der Waals surface area contributed by atoms with Gasteiger partial charge in [0.1, 0.15) is 0 Å². The van der Waals surface area contributed by atoms with Crippen molar-refractivity contribution in [3.05, 3.63) is 158 Å². The number of nitrogens with zero attached hydrogens (tertiary/aromatic N) is 2. The van der Waals surface area contributed by atoms with Crippen molar-refractivity contribution in [2.75, 3.05) is 0 Å². The Morgan fingerprint density at radius 2 is 0.680 bits per heavy atom. The maximum Gasteiger partial charge on any atom is 0.0273 e. The van der Waals surface area contributed by atoms with Gasteiger partial charge < -0.3 is 0 Å². The molecule has 0 spiro atoms. The zero-order chi connectivity index (χ0) is 32.5. The van der Waals surface area contributed by atoms with Gasteiger partial charge in [-0.25, -0.2) is 0 Å². The lowest BCUT2D eigenvalue weighted by atomic mass is 9.86. The molecule has 0 fully saturated rings. The molecule has 0 atom stereocenters. The van der Waals surface area contributed by atoms with Crippen LogP contribution >= 0.6 is 0 Å². The van der Waals surface area contributed by atoms with Gasteiger partial charge in [0.2, 0.25) is 0 Å². The SMILES string of the molecule is c1ccc2c(c1)cc1c3cc4c(-c5ccncc5)c5c6cc7ccccc7c7cccc(c5c(-c5ccncc5)c4cc3c3cccc2c31)c76. The second-order valence-corrected chi connectivity index (χ2v) is 13.7. The fraction of sp³-hybridized carbons (Fsp3) is 0. The van der Waals surface area contributed by atoms with Gasteiger partial charge in [-0.2, -0.15) is 0 Å². The molecule has 0 amide bonds. The Morgan fingerprint density at radius 1 is 0.260 bits per heavy atom. The summed E-state index contributed by atoms with van der Waals surface area (Å²) in [5.74, 6) is 0. The molecule has 50 heavy (non-hydrogen) atoms. The zero-order valence-corrected chi connectivity index (χ0v) is 26.9. The maximum atomic E-state index is 4.46. The van der Waals surface area contributed by atoms with E-state index in [1.807, 2.05) is 24.8 Å². The number of pyridine rings is 2. The van der Waals surface area contributed by atoms with Crippen LogP contribution in [-0.4, -0.2) is 9.97 Å². The number of fused-ring (bicyclic) bond motifs is 11. The fourth-order valence-electron chi connectivity index (χ4n) is 9.32. The van der Waals surface area contributed by atoms with Crippen LogP contribution in [0.5, 0.6) is 0 Å². The van der Waals surface area contributed by atoms with Crippen LogP contribution in [0.15, 0.2) is 158 Å². The molecule has 2 nitrogen and oxygen atoms in total. The first-order chi connectivity index (χ1) is 24.8. The first kappa shape index (κ1) is 26.3. The minimum Gasteiger partial charge on any atom is -0.265 e. The summed E-state index contributed by atoms with van der Waals surface area (Å²) in [5.41, 5.74) is 4.88. The third-order valence-corrected chi connectivity index (χ3v) is 11.3. The average Bonchev–Trinajstić information content (AvgIpc) is 3.67. The van der Waals surface area contributed by atoms with E-state index >= 15 is 0 Å². The number of hydrogen-bond acceptors (Lipinski definition) is 2. The van der Waals surface area contributed by atoms with Gasteiger partial charge in [0, 0.05) is 24.8 Å². The van der Waals surface area contributed by atoms with E-state index < -0.39 is 0 Å². The molecule has 0 N–H and O–H groups in total. The molecule has 0 saturated carbocycles. The Hall–Kier alpha value is -6.64. The van der Waals surface area contributed by atoms with E-state index in [2.05, 4.69) is 143 Å². The second kappa shape index (κ2) is 9.49. The summed E-state index contributed by atoms with van der Waals surface area (Å²) in [4.78, 5) is 8.92. The van der Waals surface area contributed by atoms with E-state index in [0.29, 0.717) is 0 Å². The molecular weight excluding hydrogens is 605 g/mol. The summed E-state index contributed by atoms with van der Waals surface area (Å²) in [5, 5.41) is 23.3. The first-order valence-corrected chi connectivity index (χ1v) is 17.2. The van der Waals surface area contributed by atoms with Crippen LogP contribution in [0.1, 0.15) is 0 Å². The van der Waals surface area contributed by atoms with Gasteiger partial charge in [0.25, 0.3) is 0 Å². The highest BCUT2D eigenvalue weighted by Gasteiger charge is 2.25. The van der Waals surface area contributed by atoms with Crippen molar-refractivity contribution < 1.29 is 0 Å². The Bertz CT molecular complexity index is 3350. The van der Waals surface area contributed by atoms with Crippen molar-refractivity contribution in [1.82, 2.24) is 9.97 Å². The van der Waals surface area contributed by atoms with Crippen molar-refractivity contribution in [3.63, 3.8) is 0 Å². The van der Waals surface area contributed by atoms with Gasteiger partial charge in [-0.05, 0) is 168 Å². The van der Waals surface area contributed by atoms with Crippen LogP contribution in [-0.2, 0) is 0 Å². The summed E-state index contributed by atoms with van der Waals surface area (Å²) in [6, 6.07) is 49.8. The molecule has 0 unspecified atom stereocenters. The highest BCUT2D eigenvalue weighted by atomic mass is 14.6. The Balaban J connectivity index is 1.41. The average molecular weight is 631 g/mol. The number of hydrogen-bond donors (Lipinski definition) is 0. The van der Waals surface area contributed by atoms with Gasteiger partial charge in [0.15, 0.2) is 0 Å². The van der Waals surface area contributed by atoms with E-state index in [0.717, 1.165) is 0 Å². The molecular formula is C48H26N2. The maximum absolute atomic E-state index is 4.46. The van der Waals surface area contributed by atoms with Gasteiger partial charge in [-0.3, -0.25) is 9.97 Å². The minimum absolute atomic E-state index is 1.18. The summed E-state index contributed by atoms with van der Waals surface area (Å²) >= 11 is 0. The van der Waals surface area contributed by atoms with Crippen LogP contribution in [0, 0.1) is 0 Å². The summed E-state index contributed by atoms with van der Waals surface area (Å²) < 4.78 is 0. The normalized spacial score (nSPS) is 12.4. The van der Waals surface area contributed by atoms with Crippen LogP contribution in [0.3, 0.4) is 0 Å². The van der Waals surface area contributed by atoms with Gasteiger partial charge in [-0.1, -0.05) is 84.9 Å². The van der Waals surface area contributed by atoms with Crippen molar-refractivity contribution >= 4 is 97.0 Å². The predicted molar refractivity (Wildman–Crippen MR) is 213 cm³/mol. The summed E-state index contributed by atoms with van der Waals surface area (Å²) in [6.07, 6.45) is 7.71. The highest BCUT2D eigenvalue weighted by Crippen LogP contribution is 2.54. The molecule has 2 heteroatoms. The lowest BCUT2D eigenvalue weighted by Crippen LogP contribution is -1.90. The lowest BCUT2D eigenvalue weighted by Gasteiger charge is -2.17. The molecule has 10 aromatic carbocycles. The van der Waals surface area contributed by atoms with Crippen LogP contribution in [0.25, 0.3) is 119 Å². The summed E-state index contributed by atoms with van der Waals surface area (Å²) in [6.45, 7) is 0. The number of benzene rings is 8. The zero-order valence-electron chi connectivity index (χ0n) is 26.9. The van der Waals surface area contributed by atoms with Gasteiger partial charge in [-0.15, -0.1) is 0 Å². The lowest BCUT2D eigenvalue weighted by molar-refractivity contribution is 1.33. The summed E-state index contributed by atoms with van der Waals surface area (Å²) in [7, 11) is 0. The Morgan fingerprint density at radius 3 is 1.26 bits per heavy atom. The van der Waals surface area contributed by atoms with E-state index in [9.17, 15) is 0 Å². The number of aromatic nitrogens is 2. The molecule has 0 aliphatic rings. The molecule has 2 aromatic heterocycles. The molecule has 0 aliphatic carbocycles. The minimum atomic E-state index is 1.18. The third-order valence-electron chi connectivity index (χ3n) is 11.3.